The summed E-state index contributed by atoms with van der Waals surface area (Å²) in [5.74, 6) is 0.370. The fourth-order valence-corrected chi connectivity index (χ4v) is 1.74. The number of carbonyl (C=O) groups excluding carboxylic acids is 1. The Morgan fingerprint density at radius 1 is 1.24 bits per heavy atom. The van der Waals surface area contributed by atoms with Crippen molar-refractivity contribution >= 4 is 12.0 Å². The van der Waals surface area contributed by atoms with Crippen LogP contribution in [0.5, 0.6) is 0 Å². The van der Waals surface area contributed by atoms with E-state index in [2.05, 4.69) is 9.97 Å². The summed E-state index contributed by atoms with van der Waals surface area (Å²) in [5, 5.41) is 0. The minimum Gasteiger partial charge on any atom is -0.378 e. The second-order valence-corrected chi connectivity index (χ2v) is 4.15. The van der Waals surface area contributed by atoms with E-state index in [-0.39, 0.29) is 0 Å². The molecule has 0 saturated heterocycles. The third-order valence-electron chi connectivity index (χ3n) is 2.67. The normalized spacial score (nSPS) is 10.3. The highest BCUT2D eigenvalue weighted by Crippen LogP contribution is 2.23. The van der Waals surface area contributed by atoms with Gasteiger partial charge in [-0.15, -0.1) is 0 Å². The van der Waals surface area contributed by atoms with Crippen LogP contribution in [0.15, 0.2) is 24.3 Å². The first-order valence-electron chi connectivity index (χ1n) is 5.41. The topological polar surface area (TPSA) is 49.0 Å². The number of aromatic nitrogens is 2. The van der Waals surface area contributed by atoms with Crippen molar-refractivity contribution < 1.29 is 4.79 Å². The fraction of sp³-hybridized carbons (Fsp3) is 0.231. The summed E-state index contributed by atoms with van der Waals surface area (Å²) >= 11 is 0. The van der Waals surface area contributed by atoms with Crippen LogP contribution < -0.4 is 4.90 Å². The molecular formula is C13H15N3O. The zero-order valence-corrected chi connectivity index (χ0v) is 10.2. The lowest BCUT2D eigenvalue weighted by molar-refractivity contribution is 0.111. The number of imidazole rings is 1. The van der Waals surface area contributed by atoms with Crippen molar-refractivity contribution in [3.8, 4) is 11.3 Å². The highest BCUT2D eigenvalue weighted by Gasteiger charge is 2.08. The summed E-state index contributed by atoms with van der Waals surface area (Å²) < 4.78 is 0. The lowest BCUT2D eigenvalue weighted by atomic mass is 10.1. The van der Waals surface area contributed by atoms with Gasteiger partial charge in [-0.05, 0) is 19.1 Å². The molecule has 0 amide bonds. The van der Waals surface area contributed by atoms with Gasteiger partial charge in [0.1, 0.15) is 0 Å². The van der Waals surface area contributed by atoms with Crippen LogP contribution >= 0.6 is 0 Å². The summed E-state index contributed by atoms with van der Waals surface area (Å²) in [5.41, 5.74) is 3.89. The van der Waals surface area contributed by atoms with Gasteiger partial charge in [-0.25, -0.2) is 4.98 Å². The Morgan fingerprint density at radius 2 is 1.88 bits per heavy atom. The van der Waals surface area contributed by atoms with Gasteiger partial charge in [-0.3, -0.25) is 4.79 Å². The van der Waals surface area contributed by atoms with Crippen molar-refractivity contribution in [2.45, 2.75) is 6.92 Å². The molecule has 0 saturated carbocycles. The first kappa shape index (κ1) is 11.4. The van der Waals surface area contributed by atoms with Gasteiger partial charge in [0.25, 0.3) is 0 Å². The highest BCUT2D eigenvalue weighted by atomic mass is 16.1. The lowest BCUT2D eigenvalue weighted by Gasteiger charge is -2.12. The zero-order chi connectivity index (χ0) is 12.4. The Morgan fingerprint density at radius 3 is 2.35 bits per heavy atom. The Balaban J connectivity index is 2.39. The second kappa shape index (κ2) is 4.41. The predicted molar refractivity (Wildman–Crippen MR) is 68.5 cm³/mol. The Bertz CT molecular complexity index is 526. The molecule has 4 nitrogen and oxygen atoms in total. The minimum absolute atomic E-state index is 0.370. The molecule has 1 heterocycles. The van der Waals surface area contributed by atoms with Gasteiger partial charge in [0.05, 0.1) is 5.69 Å². The number of benzene rings is 1. The number of H-pyrrole nitrogens is 1. The van der Waals surface area contributed by atoms with Crippen LogP contribution in [-0.2, 0) is 0 Å². The SMILES string of the molecule is Cc1[nH]c(C=O)nc1-c1ccc(N(C)C)cc1. The summed E-state index contributed by atoms with van der Waals surface area (Å²) in [7, 11) is 4.00. The third kappa shape index (κ3) is 2.20. The average Bonchev–Trinajstić information content (AvgIpc) is 2.71. The lowest BCUT2D eigenvalue weighted by Crippen LogP contribution is -2.07. The van der Waals surface area contributed by atoms with Crippen LogP contribution in [0.2, 0.25) is 0 Å². The molecule has 1 aromatic heterocycles. The molecule has 1 aromatic carbocycles. The molecule has 0 fully saturated rings. The number of aryl methyl sites for hydroxylation is 1. The number of rotatable bonds is 3. The van der Waals surface area contributed by atoms with Crippen LogP contribution in [0.25, 0.3) is 11.3 Å². The fourth-order valence-electron chi connectivity index (χ4n) is 1.74. The largest absolute Gasteiger partial charge is 0.378 e. The van der Waals surface area contributed by atoms with E-state index in [4.69, 9.17) is 0 Å². The number of nitrogens with zero attached hydrogens (tertiary/aromatic N) is 2. The Kier molecular flexibility index (Phi) is 2.95. The molecule has 0 unspecified atom stereocenters. The van der Waals surface area contributed by atoms with Crippen LogP contribution in [0.3, 0.4) is 0 Å². The van der Waals surface area contributed by atoms with Crippen molar-refractivity contribution in [3.05, 3.63) is 35.8 Å². The molecule has 4 heteroatoms. The maximum atomic E-state index is 10.6. The maximum absolute atomic E-state index is 10.6. The van der Waals surface area contributed by atoms with Gasteiger partial charge in [0.2, 0.25) is 0 Å². The molecule has 0 spiro atoms. The van der Waals surface area contributed by atoms with Crippen LogP contribution in [-0.4, -0.2) is 30.3 Å². The number of carbonyl (C=O) groups is 1. The highest BCUT2D eigenvalue weighted by molar-refractivity contribution is 5.73. The zero-order valence-electron chi connectivity index (χ0n) is 10.2. The van der Waals surface area contributed by atoms with Gasteiger partial charge < -0.3 is 9.88 Å². The number of nitrogens with one attached hydrogen (secondary N) is 1. The van der Waals surface area contributed by atoms with Crippen molar-refractivity contribution in [3.63, 3.8) is 0 Å². The Labute approximate surface area is 100 Å². The molecular weight excluding hydrogens is 214 g/mol. The van der Waals surface area contributed by atoms with E-state index < -0.39 is 0 Å². The second-order valence-electron chi connectivity index (χ2n) is 4.15. The Hall–Kier alpha value is -2.10. The van der Waals surface area contributed by atoms with E-state index in [9.17, 15) is 4.79 Å². The van der Waals surface area contributed by atoms with E-state index in [0.29, 0.717) is 5.82 Å². The molecule has 0 atom stereocenters. The molecule has 0 aliphatic rings. The number of hydrogen-bond acceptors (Lipinski definition) is 3. The quantitative estimate of drug-likeness (QED) is 0.821. The van der Waals surface area contributed by atoms with Crippen molar-refractivity contribution in [2.24, 2.45) is 0 Å². The molecule has 2 aromatic rings. The monoisotopic (exact) mass is 229 g/mol. The van der Waals surface area contributed by atoms with E-state index >= 15 is 0 Å². The predicted octanol–water partition coefficient (Wildman–Crippen LogP) is 2.26. The summed E-state index contributed by atoms with van der Waals surface area (Å²) in [6, 6.07) is 8.08. The summed E-state index contributed by atoms with van der Waals surface area (Å²) in [6.07, 6.45) is 0.727. The van der Waals surface area contributed by atoms with Gasteiger partial charge >= 0.3 is 0 Å². The standard InChI is InChI=1S/C13H15N3O/c1-9-13(15-12(8-17)14-9)10-4-6-11(7-5-10)16(2)3/h4-8H,1-3H3,(H,14,15). The average molecular weight is 229 g/mol. The van der Waals surface area contributed by atoms with Crippen LogP contribution in [0.1, 0.15) is 16.3 Å². The van der Waals surface area contributed by atoms with Gasteiger partial charge in [0, 0.05) is 31.0 Å². The summed E-state index contributed by atoms with van der Waals surface area (Å²) in [4.78, 5) is 19.9. The first-order chi connectivity index (χ1) is 8.11. The van der Waals surface area contributed by atoms with E-state index in [0.717, 1.165) is 28.9 Å². The maximum Gasteiger partial charge on any atom is 0.185 e. The molecule has 1 N–H and O–H groups in total. The smallest absolute Gasteiger partial charge is 0.185 e. The van der Waals surface area contributed by atoms with E-state index in [1.807, 2.05) is 50.2 Å². The first-order valence-corrected chi connectivity index (χ1v) is 5.41. The van der Waals surface area contributed by atoms with Crippen molar-refractivity contribution in [1.82, 2.24) is 9.97 Å². The van der Waals surface area contributed by atoms with Crippen LogP contribution in [0.4, 0.5) is 5.69 Å². The minimum atomic E-state index is 0.370. The number of anilines is 1. The number of hydrogen-bond donors (Lipinski definition) is 1. The van der Waals surface area contributed by atoms with E-state index in [1.54, 1.807) is 0 Å². The van der Waals surface area contributed by atoms with Gasteiger partial charge in [0.15, 0.2) is 12.1 Å². The molecule has 0 aliphatic heterocycles. The summed E-state index contributed by atoms with van der Waals surface area (Å²) in [6.45, 7) is 1.91. The molecule has 0 bridgehead atoms. The molecule has 0 aliphatic carbocycles. The van der Waals surface area contributed by atoms with Gasteiger partial charge in [-0.2, -0.15) is 0 Å². The third-order valence-corrected chi connectivity index (χ3v) is 2.67. The molecule has 17 heavy (non-hydrogen) atoms. The number of aldehydes is 1. The molecule has 88 valence electrons. The molecule has 0 radical (unpaired) electrons. The van der Waals surface area contributed by atoms with Crippen molar-refractivity contribution in [2.75, 3.05) is 19.0 Å². The number of aromatic amines is 1. The molecule has 2 rings (SSSR count). The van der Waals surface area contributed by atoms with Crippen LogP contribution in [0, 0.1) is 6.92 Å². The van der Waals surface area contributed by atoms with Gasteiger partial charge in [-0.1, -0.05) is 12.1 Å². The van der Waals surface area contributed by atoms with E-state index in [1.165, 1.54) is 0 Å². The van der Waals surface area contributed by atoms with Crippen molar-refractivity contribution in [1.29, 1.82) is 0 Å².